The van der Waals surface area contributed by atoms with E-state index in [0.29, 0.717) is 0 Å². The number of rotatable bonds is 3. The van der Waals surface area contributed by atoms with Gasteiger partial charge in [-0.25, -0.2) is 4.98 Å². The molecule has 0 bridgehead atoms. The van der Waals surface area contributed by atoms with Gasteiger partial charge in [0.05, 0.1) is 6.10 Å². The summed E-state index contributed by atoms with van der Waals surface area (Å²) in [5.74, 6) is 0. The molecule has 88 valence electrons. The van der Waals surface area contributed by atoms with Crippen LogP contribution in [0.1, 0.15) is 24.2 Å². The van der Waals surface area contributed by atoms with Gasteiger partial charge < -0.3 is 5.11 Å². The predicted octanol–water partition coefficient (Wildman–Crippen LogP) is 3.59. The molecule has 0 spiro atoms. The third kappa shape index (κ3) is 2.87. The van der Waals surface area contributed by atoms with E-state index in [1.54, 1.807) is 24.9 Å². The highest BCUT2D eigenvalue weighted by Gasteiger charge is 2.10. The topological polar surface area (TPSA) is 33.1 Å². The van der Waals surface area contributed by atoms with Crippen LogP contribution >= 0.6 is 11.8 Å². The minimum absolute atomic E-state index is 0.491. The minimum atomic E-state index is -0.491. The highest BCUT2D eigenvalue weighted by molar-refractivity contribution is 7.99. The molecular formula is C14H15NOS. The molecule has 1 atom stereocenters. The fraction of sp³-hybridized carbons (Fsp3) is 0.214. The Labute approximate surface area is 106 Å². The third-order valence-electron chi connectivity index (χ3n) is 2.55. The molecule has 0 saturated heterocycles. The Morgan fingerprint density at radius 1 is 1.18 bits per heavy atom. The van der Waals surface area contributed by atoms with Crippen LogP contribution in [0.3, 0.4) is 0 Å². The average molecular weight is 245 g/mol. The maximum absolute atomic E-state index is 9.70. The molecule has 17 heavy (non-hydrogen) atoms. The van der Waals surface area contributed by atoms with Gasteiger partial charge in [-0.3, -0.25) is 0 Å². The Morgan fingerprint density at radius 3 is 2.65 bits per heavy atom. The van der Waals surface area contributed by atoms with Crippen molar-refractivity contribution in [2.45, 2.75) is 29.9 Å². The van der Waals surface area contributed by atoms with Crippen LogP contribution in [0.5, 0.6) is 0 Å². The molecule has 1 aromatic carbocycles. The molecule has 2 nitrogen and oxygen atoms in total. The molecule has 0 aliphatic heterocycles. The second-order valence-electron chi connectivity index (χ2n) is 3.94. The van der Waals surface area contributed by atoms with Crippen LogP contribution in [-0.4, -0.2) is 10.1 Å². The SMILES string of the molecule is Cc1ccccc1Sc1ncccc1[C@@H](C)O. The molecule has 1 heterocycles. The van der Waals surface area contributed by atoms with Gasteiger partial charge in [-0.1, -0.05) is 36.0 Å². The number of hydrogen-bond acceptors (Lipinski definition) is 3. The molecule has 0 radical (unpaired) electrons. The molecule has 1 N–H and O–H groups in total. The van der Waals surface area contributed by atoms with E-state index in [1.165, 1.54) is 10.5 Å². The van der Waals surface area contributed by atoms with Crippen molar-refractivity contribution in [2.75, 3.05) is 0 Å². The maximum atomic E-state index is 9.70. The highest BCUT2D eigenvalue weighted by Crippen LogP contribution is 2.32. The summed E-state index contributed by atoms with van der Waals surface area (Å²) in [5.41, 5.74) is 2.10. The molecule has 0 aliphatic rings. The van der Waals surface area contributed by atoms with Crippen molar-refractivity contribution in [1.82, 2.24) is 4.98 Å². The molecular weight excluding hydrogens is 230 g/mol. The van der Waals surface area contributed by atoms with Crippen LogP contribution in [0.2, 0.25) is 0 Å². The first-order chi connectivity index (χ1) is 8.18. The first kappa shape index (κ1) is 12.1. The van der Waals surface area contributed by atoms with E-state index < -0.39 is 6.10 Å². The highest BCUT2D eigenvalue weighted by atomic mass is 32.2. The van der Waals surface area contributed by atoms with Gasteiger partial charge in [0.25, 0.3) is 0 Å². The largest absolute Gasteiger partial charge is 0.389 e. The quantitative estimate of drug-likeness (QED) is 0.897. The lowest BCUT2D eigenvalue weighted by Crippen LogP contribution is -1.96. The van der Waals surface area contributed by atoms with Crippen molar-refractivity contribution in [1.29, 1.82) is 0 Å². The van der Waals surface area contributed by atoms with Crippen molar-refractivity contribution in [2.24, 2.45) is 0 Å². The zero-order chi connectivity index (χ0) is 12.3. The van der Waals surface area contributed by atoms with Gasteiger partial charge in [0.2, 0.25) is 0 Å². The van der Waals surface area contributed by atoms with Gasteiger partial charge >= 0.3 is 0 Å². The van der Waals surface area contributed by atoms with E-state index in [0.717, 1.165) is 10.6 Å². The summed E-state index contributed by atoms with van der Waals surface area (Å²) in [4.78, 5) is 5.51. The summed E-state index contributed by atoms with van der Waals surface area (Å²) in [5, 5.41) is 10.6. The van der Waals surface area contributed by atoms with Gasteiger partial charge in [0.15, 0.2) is 0 Å². The summed E-state index contributed by atoms with van der Waals surface area (Å²) in [6, 6.07) is 11.9. The van der Waals surface area contributed by atoms with Gasteiger partial charge in [0.1, 0.15) is 5.03 Å². The first-order valence-corrected chi connectivity index (χ1v) is 6.36. The summed E-state index contributed by atoms with van der Waals surface area (Å²) in [7, 11) is 0. The van der Waals surface area contributed by atoms with Crippen LogP contribution < -0.4 is 0 Å². The van der Waals surface area contributed by atoms with Crippen molar-refractivity contribution >= 4 is 11.8 Å². The standard InChI is InChI=1S/C14H15NOS/c1-10-6-3-4-8-13(10)17-14-12(11(2)16)7-5-9-15-14/h3-9,11,16H,1-2H3/t11-/m1/s1. The monoisotopic (exact) mass is 245 g/mol. The zero-order valence-corrected chi connectivity index (χ0v) is 10.7. The number of aliphatic hydroxyl groups is 1. The van der Waals surface area contributed by atoms with E-state index in [1.807, 2.05) is 24.3 Å². The molecule has 0 saturated carbocycles. The normalized spacial score (nSPS) is 12.4. The molecule has 0 amide bonds. The summed E-state index contributed by atoms with van der Waals surface area (Å²) >= 11 is 1.60. The van der Waals surface area contributed by atoms with Crippen LogP contribution in [0.15, 0.2) is 52.5 Å². The second kappa shape index (κ2) is 5.34. The van der Waals surface area contributed by atoms with E-state index >= 15 is 0 Å². The number of nitrogens with zero attached hydrogens (tertiary/aromatic N) is 1. The van der Waals surface area contributed by atoms with E-state index in [4.69, 9.17) is 0 Å². The summed E-state index contributed by atoms with van der Waals surface area (Å²) in [6.45, 7) is 3.84. The Balaban J connectivity index is 2.34. The molecule has 0 unspecified atom stereocenters. The number of aromatic nitrogens is 1. The van der Waals surface area contributed by atoms with Crippen LogP contribution in [0.25, 0.3) is 0 Å². The minimum Gasteiger partial charge on any atom is -0.389 e. The maximum Gasteiger partial charge on any atom is 0.107 e. The fourth-order valence-electron chi connectivity index (χ4n) is 1.58. The van der Waals surface area contributed by atoms with Crippen molar-refractivity contribution in [3.63, 3.8) is 0 Å². The summed E-state index contributed by atoms with van der Waals surface area (Å²) in [6.07, 6.45) is 1.27. The molecule has 1 aromatic heterocycles. The number of hydrogen-bond donors (Lipinski definition) is 1. The lowest BCUT2D eigenvalue weighted by Gasteiger charge is -2.11. The van der Waals surface area contributed by atoms with Crippen molar-refractivity contribution in [3.8, 4) is 0 Å². The fourth-order valence-corrected chi connectivity index (χ4v) is 2.64. The van der Waals surface area contributed by atoms with Crippen molar-refractivity contribution in [3.05, 3.63) is 53.7 Å². The summed E-state index contributed by atoms with van der Waals surface area (Å²) < 4.78 is 0. The van der Waals surface area contributed by atoms with E-state index in [-0.39, 0.29) is 0 Å². The Kier molecular flexibility index (Phi) is 3.82. The van der Waals surface area contributed by atoms with Crippen LogP contribution in [-0.2, 0) is 0 Å². The molecule has 3 heteroatoms. The second-order valence-corrected chi connectivity index (χ2v) is 4.97. The van der Waals surface area contributed by atoms with Gasteiger partial charge in [-0.2, -0.15) is 0 Å². The lowest BCUT2D eigenvalue weighted by atomic mass is 10.2. The average Bonchev–Trinajstić information content (AvgIpc) is 2.32. The smallest absolute Gasteiger partial charge is 0.107 e. The third-order valence-corrected chi connectivity index (χ3v) is 3.76. The van der Waals surface area contributed by atoms with Gasteiger partial charge in [-0.05, 0) is 31.5 Å². The predicted molar refractivity (Wildman–Crippen MR) is 70.2 cm³/mol. The van der Waals surface area contributed by atoms with E-state index in [2.05, 4.69) is 24.0 Å². The Morgan fingerprint density at radius 2 is 1.94 bits per heavy atom. The molecule has 2 aromatic rings. The number of benzene rings is 1. The Hall–Kier alpha value is -1.32. The van der Waals surface area contributed by atoms with Crippen molar-refractivity contribution < 1.29 is 5.11 Å². The zero-order valence-electron chi connectivity index (χ0n) is 9.92. The number of aliphatic hydroxyl groups excluding tert-OH is 1. The Bertz CT molecular complexity index is 511. The van der Waals surface area contributed by atoms with Crippen LogP contribution in [0.4, 0.5) is 0 Å². The van der Waals surface area contributed by atoms with Gasteiger partial charge in [0, 0.05) is 16.7 Å². The first-order valence-electron chi connectivity index (χ1n) is 5.55. The number of aryl methyl sites for hydroxylation is 1. The molecule has 0 aliphatic carbocycles. The van der Waals surface area contributed by atoms with Gasteiger partial charge in [-0.15, -0.1) is 0 Å². The lowest BCUT2D eigenvalue weighted by molar-refractivity contribution is 0.195. The molecule has 0 fully saturated rings. The molecule has 2 rings (SSSR count). The number of pyridine rings is 1. The van der Waals surface area contributed by atoms with E-state index in [9.17, 15) is 5.11 Å². The van der Waals surface area contributed by atoms with Crippen LogP contribution in [0, 0.1) is 6.92 Å².